The van der Waals surface area contributed by atoms with Crippen LogP contribution in [0.1, 0.15) is 61.0 Å². The lowest BCUT2D eigenvalue weighted by atomic mass is 9.89. The Balaban J connectivity index is 1.47. The molecule has 1 atom stereocenters. The minimum absolute atomic E-state index is 0.0976. The van der Waals surface area contributed by atoms with Crippen LogP contribution in [-0.2, 0) is 13.0 Å². The van der Waals surface area contributed by atoms with E-state index in [-0.39, 0.29) is 5.56 Å². The first-order valence-electron chi connectivity index (χ1n) is 10.4. The number of nitrogens with zero attached hydrogens (tertiary/aromatic N) is 1. The lowest BCUT2D eigenvalue weighted by Gasteiger charge is -2.32. The summed E-state index contributed by atoms with van der Waals surface area (Å²) in [5.41, 5.74) is 3.64. The summed E-state index contributed by atoms with van der Waals surface area (Å²) in [4.78, 5) is 2.48. The van der Waals surface area contributed by atoms with E-state index in [1.165, 1.54) is 23.3 Å². The minimum atomic E-state index is -4.62. The van der Waals surface area contributed by atoms with Crippen molar-refractivity contribution in [2.75, 3.05) is 13.1 Å². The number of aliphatic hydroxyl groups is 1. The molecule has 158 valence electrons. The number of piperidine rings is 1. The third-order valence-corrected chi connectivity index (χ3v) is 5.89. The predicted molar refractivity (Wildman–Crippen MR) is 110 cm³/mol. The highest BCUT2D eigenvalue weighted by Gasteiger charge is 2.39. The highest BCUT2D eigenvalue weighted by Crippen LogP contribution is 2.32. The summed E-state index contributed by atoms with van der Waals surface area (Å²) in [6, 6.07) is 15.1. The molecule has 5 heteroatoms. The van der Waals surface area contributed by atoms with Gasteiger partial charge in [-0.25, -0.2) is 0 Å². The van der Waals surface area contributed by atoms with E-state index in [4.69, 9.17) is 0 Å². The molecule has 0 bridgehead atoms. The summed E-state index contributed by atoms with van der Waals surface area (Å²) in [5.74, 6) is 1.10. The van der Waals surface area contributed by atoms with Crippen LogP contribution >= 0.6 is 0 Å². The maximum atomic E-state index is 12.6. The van der Waals surface area contributed by atoms with Crippen LogP contribution in [-0.4, -0.2) is 29.3 Å². The maximum absolute atomic E-state index is 12.6. The van der Waals surface area contributed by atoms with Crippen molar-refractivity contribution in [1.82, 2.24) is 4.90 Å². The molecule has 0 saturated carbocycles. The van der Waals surface area contributed by atoms with Gasteiger partial charge in [0.2, 0.25) is 0 Å². The third kappa shape index (κ3) is 6.06. The lowest BCUT2D eigenvalue weighted by molar-refractivity contribution is -0.206. The van der Waals surface area contributed by atoms with Gasteiger partial charge in [-0.15, -0.1) is 0 Å². The zero-order chi connectivity index (χ0) is 21.0. The molecule has 3 rings (SSSR count). The smallest absolute Gasteiger partial charge is 0.379 e. The van der Waals surface area contributed by atoms with Gasteiger partial charge in [-0.1, -0.05) is 62.4 Å². The van der Waals surface area contributed by atoms with E-state index >= 15 is 0 Å². The largest absolute Gasteiger partial charge is 0.418 e. The van der Waals surface area contributed by atoms with E-state index in [1.807, 2.05) is 0 Å². The van der Waals surface area contributed by atoms with Crippen molar-refractivity contribution in [3.05, 3.63) is 70.8 Å². The molecule has 2 aromatic carbocycles. The number of alkyl halides is 3. The van der Waals surface area contributed by atoms with Crippen molar-refractivity contribution in [2.45, 2.75) is 57.9 Å². The lowest BCUT2D eigenvalue weighted by Crippen LogP contribution is -2.33. The Hall–Kier alpha value is -1.85. The normalized spacial score (nSPS) is 17.6. The fraction of sp³-hybridized carbons (Fsp3) is 0.500. The van der Waals surface area contributed by atoms with Crippen molar-refractivity contribution < 1.29 is 18.3 Å². The molecule has 29 heavy (non-hydrogen) atoms. The Bertz CT molecular complexity index is 760. The first kappa shape index (κ1) is 21.8. The monoisotopic (exact) mass is 405 g/mol. The van der Waals surface area contributed by atoms with Gasteiger partial charge in [-0.05, 0) is 66.4 Å². The number of hydrogen-bond acceptors (Lipinski definition) is 2. The second kappa shape index (κ2) is 9.31. The van der Waals surface area contributed by atoms with Crippen molar-refractivity contribution in [1.29, 1.82) is 0 Å². The number of likely N-dealkylation sites (tertiary alicyclic amines) is 1. The standard InChI is InChI=1S/C24H30F3NO/c1-17(2)21-7-5-20(6-8-21)16-28-13-11-19(12-14-28)15-18-3-9-22(10-4-18)23(29)24(25,26)27/h3-10,17,19,23,29H,11-16H2,1-2H3. The van der Waals surface area contributed by atoms with Crippen molar-refractivity contribution >= 4 is 0 Å². The molecule has 0 aliphatic carbocycles. The first-order valence-corrected chi connectivity index (χ1v) is 10.4. The zero-order valence-electron chi connectivity index (χ0n) is 17.1. The minimum Gasteiger partial charge on any atom is -0.379 e. The third-order valence-electron chi connectivity index (χ3n) is 5.89. The first-order chi connectivity index (χ1) is 13.7. The molecule has 2 aromatic rings. The van der Waals surface area contributed by atoms with E-state index < -0.39 is 12.3 Å². The van der Waals surface area contributed by atoms with Crippen molar-refractivity contribution in [2.24, 2.45) is 5.92 Å². The van der Waals surface area contributed by atoms with Gasteiger partial charge in [0, 0.05) is 6.54 Å². The van der Waals surface area contributed by atoms with Gasteiger partial charge in [-0.2, -0.15) is 13.2 Å². The van der Waals surface area contributed by atoms with Crippen molar-refractivity contribution in [3.63, 3.8) is 0 Å². The maximum Gasteiger partial charge on any atom is 0.418 e. The highest BCUT2D eigenvalue weighted by atomic mass is 19.4. The van der Waals surface area contributed by atoms with Crippen molar-refractivity contribution in [3.8, 4) is 0 Å². The van der Waals surface area contributed by atoms with Crippen LogP contribution in [0.3, 0.4) is 0 Å². The van der Waals surface area contributed by atoms with E-state index in [2.05, 4.69) is 43.0 Å². The number of halogens is 3. The molecule has 1 aliphatic heterocycles. The Labute approximate surface area is 171 Å². The SMILES string of the molecule is CC(C)c1ccc(CN2CCC(Cc3ccc(C(O)C(F)(F)F)cc3)CC2)cc1. The average Bonchev–Trinajstić information content (AvgIpc) is 2.69. The molecule has 1 heterocycles. The summed E-state index contributed by atoms with van der Waals surface area (Å²) in [6.45, 7) is 7.45. The molecule has 0 amide bonds. The Kier molecular flexibility index (Phi) is 7.01. The molecule has 1 N–H and O–H groups in total. The zero-order valence-corrected chi connectivity index (χ0v) is 17.1. The highest BCUT2D eigenvalue weighted by molar-refractivity contribution is 5.26. The fourth-order valence-corrected chi connectivity index (χ4v) is 3.97. The molecular formula is C24H30F3NO. The van der Waals surface area contributed by atoms with Gasteiger partial charge in [-0.3, -0.25) is 4.90 Å². The molecule has 1 saturated heterocycles. The Morgan fingerprint density at radius 1 is 0.897 bits per heavy atom. The Morgan fingerprint density at radius 2 is 1.41 bits per heavy atom. The van der Waals surface area contributed by atoms with E-state index in [9.17, 15) is 18.3 Å². The van der Waals surface area contributed by atoms with Crippen LogP contribution in [0, 0.1) is 5.92 Å². The molecule has 1 fully saturated rings. The number of rotatable bonds is 6. The molecule has 0 aromatic heterocycles. The average molecular weight is 406 g/mol. The van der Waals surface area contributed by atoms with Gasteiger partial charge in [0.05, 0.1) is 0 Å². The molecule has 1 unspecified atom stereocenters. The quantitative estimate of drug-likeness (QED) is 0.651. The van der Waals surface area contributed by atoms with Gasteiger partial charge in [0.25, 0.3) is 0 Å². The molecular weight excluding hydrogens is 375 g/mol. The van der Waals surface area contributed by atoms with Crippen LogP contribution in [0.15, 0.2) is 48.5 Å². The number of hydrogen-bond donors (Lipinski definition) is 1. The van der Waals surface area contributed by atoms with Gasteiger partial charge in [0.15, 0.2) is 6.10 Å². The van der Waals surface area contributed by atoms with E-state index in [0.717, 1.165) is 44.5 Å². The van der Waals surface area contributed by atoms with Gasteiger partial charge < -0.3 is 5.11 Å². The van der Waals surface area contributed by atoms with Crippen LogP contribution in [0.2, 0.25) is 0 Å². The summed E-state index contributed by atoms with van der Waals surface area (Å²) in [7, 11) is 0. The van der Waals surface area contributed by atoms with E-state index in [1.54, 1.807) is 12.1 Å². The second-order valence-corrected chi connectivity index (χ2v) is 8.51. The summed E-state index contributed by atoms with van der Waals surface area (Å²) < 4.78 is 37.8. The van der Waals surface area contributed by atoms with Crippen LogP contribution < -0.4 is 0 Å². The Morgan fingerprint density at radius 3 is 1.93 bits per heavy atom. The summed E-state index contributed by atoms with van der Waals surface area (Å²) in [6.07, 6.45) is -3.97. The predicted octanol–water partition coefficient (Wildman–Crippen LogP) is 5.86. The summed E-state index contributed by atoms with van der Waals surface area (Å²) in [5, 5.41) is 9.33. The van der Waals surface area contributed by atoms with Crippen LogP contribution in [0.4, 0.5) is 13.2 Å². The number of benzene rings is 2. The molecule has 2 nitrogen and oxygen atoms in total. The van der Waals surface area contributed by atoms with E-state index in [0.29, 0.717) is 11.8 Å². The fourth-order valence-electron chi connectivity index (χ4n) is 3.97. The number of aliphatic hydroxyl groups excluding tert-OH is 1. The molecule has 0 radical (unpaired) electrons. The molecule has 1 aliphatic rings. The van der Waals surface area contributed by atoms with Crippen LogP contribution in [0.5, 0.6) is 0 Å². The summed E-state index contributed by atoms with van der Waals surface area (Å²) >= 11 is 0. The van der Waals surface area contributed by atoms with Gasteiger partial charge >= 0.3 is 6.18 Å². The van der Waals surface area contributed by atoms with Gasteiger partial charge in [0.1, 0.15) is 0 Å². The second-order valence-electron chi connectivity index (χ2n) is 8.51. The molecule has 0 spiro atoms. The topological polar surface area (TPSA) is 23.5 Å². The van der Waals surface area contributed by atoms with Crippen LogP contribution in [0.25, 0.3) is 0 Å².